The summed E-state index contributed by atoms with van der Waals surface area (Å²) >= 11 is 3.43. The van der Waals surface area contributed by atoms with Gasteiger partial charge in [-0.3, -0.25) is 4.90 Å². The third kappa shape index (κ3) is 4.27. The lowest BCUT2D eigenvalue weighted by molar-refractivity contribution is 0.155. The molecule has 3 nitrogen and oxygen atoms in total. The molecule has 1 atom stereocenters. The number of benzene rings is 1. The van der Waals surface area contributed by atoms with Gasteiger partial charge in [-0.1, -0.05) is 12.1 Å². The third-order valence-corrected chi connectivity index (χ3v) is 5.98. The van der Waals surface area contributed by atoms with E-state index in [1.807, 2.05) is 12.3 Å². The molecule has 1 saturated heterocycles. The molecule has 3 heterocycles. The average molecular weight is 396 g/mol. The Balaban J connectivity index is 0.00000182. The van der Waals surface area contributed by atoms with Crippen molar-refractivity contribution in [3.05, 3.63) is 63.5 Å². The highest BCUT2D eigenvalue weighted by atomic mass is 35.5. The average Bonchev–Trinajstić information content (AvgIpc) is 3.26. The Hall–Kier alpha value is -1.31. The van der Waals surface area contributed by atoms with Crippen molar-refractivity contribution in [2.45, 2.75) is 12.6 Å². The summed E-state index contributed by atoms with van der Waals surface area (Å²) < 4.78 is 13.6. The SMILES string of the molecule is Cl.Fc1cccc(C2CNCCN2Cc2cnc(-c3ccsc3)s2)c1. The number of nitrogens with one attached hydrogen (secondary N) is 1. The van der Waals surface area contributed by atoms with Crippen molar-refractivity contribution in [3.63, 3.8) is 0 Å². The molecule has 4 rings (SSSR count). The number of hydrogen-bond donors (Lipinski definition) is 1. The summed E-state index contributed by atoms with van der Waals surface area (Å²) in [7, 11) is 0. The summed E-state index contributed by atoms with van der Waals surface area (Å²) in [5.41, 5.74) is 2.23. The summed E-state index contributed by atoms with van der Waals surface area (Å²) in [5, 5.41) is 8.70. The van der Waals surface area contributed by atoms with E-state index in [1.54, 1.807) is 34.8 Å². The highest BCUT2D eigenvalue weighted by Crippen LogP contribution is 2.30. The van der Waals surface area contributed by atoms with Crippen LogP contribution in [0.3, 0.4) is 0 Å². The Labute approximate surface area is 160 Å². The molecule has 1 fully saturated rings. The number of thiophene rings is 1. The predicted octanol–water partition coefficient (Wildman–Crippen LogP) is 4.58. The van der Waals surface area contributed by atoms with Crippen molar-refractivity contribution in [3.8, 4) is 10.6 Å². The van der Waals surface area contributed by atoms with E-state index in [-0.39, 0.29) is 24.3 Å². The zero-order valence-electron chi connectivity index (χ0n) is 13.5. The molecule has 1 aliphatic rings. The van der Waals surface area contributed by atoms with Gasteiger partial charge in [-0.2, -0.15) is 11.3 Å². The molecular weight excluding hydrogens is 377 g/mol. The molecule has 25 heavy (non-hydrogen) atoms. The van der Waals surface area contributed by atoms with E-state index in [2.05, 4.69) is 32.0 Å². The van der Waals surface area contributed by atoms with Gasteiger partial charge < -0.3 is 5.32 Å². The van der Waals surface area contributed by atoms with Crippen molar-refractivity contribution in [1.29, 1.82) is 0 Å². The first-order valence-electron chi connectivity index (χ1n) is 7.97. The Morgan fingerprint density at radius 2 is 2.24 bits per heavy atom. The number of rotatable bonds is 4. The lowest BCUT2D eigenvalue weighted by Gasteiger charge is -2.36. The fourth-order valence-electron chi connectivity index (χ4n) is 3.08. The zero-order chi connectivity index (χ0) is 16.4. The van der Waals surface area contributed by atoms with Crippen LogP contribution in [0.5, 0.6) is 0 Å². The topological polar surface area (TPSA) is 28.2 Å². The summed E-state index contributed by atoms with van der Waals surface area (Å²) in [6.07, 6.45) is 1.97. The number of nitrogens with zero attached hydrogens (tertiary/aromatic N) is 2. The van der Waals surface area contributed by atoms with Crippen molar-refractivity contribution < 1.29 is 4.39 Å². The number of hydrogen-bond acceptors (Lipinski definition) is 5. The summed E-state index contributed by atoms with van der Waals surface area (Å²) in [6.45, 7) is 3.61. The lowest BCUT2D eigenvalue weighted by Crippen LogP contribution is -2.45. The van der Waals surface area contributed by atoms with Gasteiger partial charge in [-0.05, 0) is 29.1 Å². The van der Waals surface area contributed by atoms with Crippen LogP contribution in [-0.2, 0) is 6.54 Å². The van der Waals surface area contributed by atoms with Gasteiger partial charge in [0.25, 0.3) is 0 Å². The van der Waals surface area contributed by atoms with E-state index in [9.17, 15) is 4.39 Å². The van der Waals surface area contributed by atoms with Crippen molar-refractivity contribution in [2.24, 2.45) is 0 Å². The van der Waals surface area contributed by atoms with Gasteiger partial charge >= 0.3 is 0 Å². The van der Waals surface area contributed by atoms with E-state index >= 15 is 0 Å². The molecule has 1 aliphatic heterocycles. The van der Waals surface area contributed by atoms with Crippen LogP contribution in [0.15, 0.2) is 47.3 Å². The first-order valence-corrected chi connectivity index (χ1v) is 9.73. The van der Waals surface area contributed by atoms with E-state index in [0.29, 0.717) is 0 Å². The molecule has 1 aromatic carbocycles. The first-order chi connectivity index (χ1) is 11.8. The molecule has 7 heteroatoms. The molecule has 132 valence electrons. The second-order valence-electron chi connectivity index (χ2n) is 5.89. The monoisotopic (exact) mass is 395 g/mol. The molecular formula is C18H19ClFN3S2. The van der Waals surface area contributed by atoms with Crippen LogP contribution >= 0.6 is 35.1 Å². The molecule has 1 unspecified atom stereocenters. The van der Waals surface area contributed by atoms with Gasteiger partial charge in [0, 0.05) is 54.2 Å². The Morgan fingerprint density at radius 3 is 3.04 bits per heavy atom. The van der Waals surface area contributed by atoms with Gasteiger partial charge in [0.1, 0.15) is 10.8 Å². The lowest BCUT2D eigenvalue weighted by atomic mass is 10.0. The van der Waals surface area contributed by atoms with Gasteiger partial charge in [0.2, 0.25) is 0 Å². The van der Waals surface area contributed by atoms with E-state index in [4.69, 9.17) is 0 Å². The number of thiazole rings is 1. The van der Waals surface area contributed by atoms with Crippen LogP contribution in [0, 0.1) is 5.82 Å². The van der Waals surface area contributed by atoms with Crippen LogP contribution < -0.4 is 5.32 Å². The van der Waals surface area contributed by atoms with Crippen LogP contribution in [0.2, 0.25) is 0 Å². The minimum atomic E-state index is -0.171. The summed E-state index contributed by atoms with van der Waals surface area (Å²) in [4.78, 5) is 8.22. The molecule has 1 N–H and O–H groups in total. The maximum absolute atomic E-state index is 13.6. The van der Waals surface area contributed by atoms with Gasteiger partial charge in [-0.15, -0.1) is 23.7 Å². The predicted molar refractivity (Wildman–Crippen MR) is 105 cm³/mol. The number of piperazine rings is 1. The first kappa shape index (κ1) is 18.5. The second-order valence-corrected chi connectivity index (χ2v) is 7.78. The summed E-state index contributed by atoms with van der Waals surface area (Å²) in [6, 6.07) is 9.25. The van der Waals surface area contributed by atoms with Crippen molar-refractivity contribution in [1.82, 2.24) is 15.2 Å². The maximum Gasteiger partial charge on any atom is 0.124 e. The molecule has 0 saturated carbocycles. The van der Waals surface area contributed by atoms with Crippen LogP contribution in [0.4, 0.5) is 4.39 Å². The minimum Gasteiger partial charge on any atom is -0.314 e. The standard InChI is InChI=1S/C18H18FN3S2.ClH/c19-15-3-1-2-13(8-15)17-10-20-5-6-22(17)11-16-9-21-18(24-16)14-4-7-23-12-14;/h1-4,7-9,12,17,20H,5-6,10-11H2;1H. The Bertz CT molecular complexity index is 806. The van der Waals surface area contributed by atoms with Crippen LogP contribution in [0.25, 0.3) is 10.6 Å². The van der Waals surface area contributed by atoms with Gasteiger partial charge in [0.15, 0.2) is 0 Å². The normalized spacial score (nSPS) is 18.0. The van der Waals surface area contributed by atoms with E-state index in [1.165, 1.54) is 16.5 Å². The van der Waals surface area contributed by atoms with Crippen molar-refractivity contribution >= 4 is 35.1 Å². The summed E-state index contributed by atoms with van der Waals surface area (Å²) in [5.74, 6) is -0.171. The maximum atomic E-state index is 13.6. The van der Waals surface area contributed by atoms with E-state index in [0.717, 1.165) is 36.8 Å². The third-order valence-electron chi connectivity index (χ3n) is 4.27. The Kier molecular flexibility index (Phi) is 6.19. The fourth-order valence-corrected chi connectivity index (χ4v) is 4.73. The van der Waals surface area contributed by atoms with Crippen LogP contribution in [-0.4, -0.2) is 29.5 Å². The van der Waals surface area contributed by atoms with Crippen LogP contribution in [0.1, 0.15) is 16.5 Å². The molecule has 2 aromatic heterocycles. The minimum absolute atomic E-state index is 0. The fraction of sp³-hybridized carbons (Fsp3) is 0.278. The molecule has 0 radical (unpaired) electrons. The molecule has 0 bridgehead atoms. The Morgan fingerprint density at radius 1 is 1.32 bits per heavy atom. The highest BCUT2D eigenvalue weighted by molar-refractivity contribution is 7.15. The largest absolute Gasteiger partial charge is 0.314 e. The number of halogens is 2. The van der Waals surface area contributed by atoms with Gasteiger partial charge in [0.05, 0.1) is 0 Å². The van der Waals surface area contributed by atoms with Gasteiger partial charge in [-0.25, -0.2) is 9.37 Å². The number of aromatic nitrogens is 1. The molecule has 3 aromatic rings. The smallest absolute Gasteiger partial charge is 0.124 e. The molecule has 0 spiro atoms. The van der Waals surface area contributed by atoms with E-state index < -0.39 is 0 Å². The quantitative estimate of drug-likeness (QED) is 0.700. The molecule has 0 aliphatic carbocycles. The zero-order valence-corrected chi connectivity index (χ0v) is 16.0. The highest BCUT2D eigenvalue weighted by Gasteiger charge is 2.24. The second kappa shape index (κ2) is 8.38. The van der Waals surface area contributed by atoms with Crippen molar-refractivity contribution in [2.75, 3.05) is 19.6 Å². The molecule has 0 amide bonds.